The van der Waals surface area contributed by atoms with Gasteiger partial charge in [0.05, 0.1) is 38.4 Å². The predicted molar refractivity (Wildman–Crippen MR) is 155 cm³/mol. The monoisotopic (exact) mass is 604 g/mol. The van der Waals surface area contributed by atoms with Crippen molar-refractivity contribution in [3.05, 3.63) is 33.1 Å². The number of unbranched alkanes of at least 4 members (excludes halogenated alkanes) is 1. The second-order valence-corrected chi connectivity index (χ2v) is 12.8. The summed E-state index contributed by atoms with van der Waals surface area (Å²) in [5.41, 5.74) is -1.08. The number of hydrogen-bond donors (Lipinski definition) is 1. The molecule has 228 valence electrons. The molecule has 1 aromatic heterocycles. The molecule has 0 spiro atoms. The molecule has 1 aromatic rings. The fourth-order valence-electron chi connectivity index (χ4n) is 4.61. The molecule has 1 N–H and O–H groups in total. The van der Waals surface area contributed by atoms with E-state index in [4.69, 9.17) is 32.8 Å². The molecule has 1 aliphatic heterocycles. The van der Waals surface area contributed by atoms with E-state index < -0.39 is 52.7 Å². The third-order valence-electron chi connectivity index (χ3n) is 6.18. The summed E-state index contributed by atoms with van der Waals surface area (Å²) < 4.78 is 40.1. The van der Waals surface area contributed by atoms with Crippen LogP contribution in [0.2, 0.25) is 0 Å². The minimum Gasteiger partial charge on any atom is -0.374 e. The van der Waals surface area contributed by atoms with Gasteiger partial charge in [0.1, 0.15) is 12.2 Å². The van der Waals surface area contributed by atoms with Crippen LogP contribution in [-0.4, -0.2) is 77.7 Å². The van der Waals surface area contributed by atoms with Crippen LogP contribution in [0.4, 0.5) is 0 Å². The van der Waals surface area contributed by atoms with E-state index in [1.807, 2.05) is 13.8 Å². The second kappa shape index (κ2) is 18.3. The van der Waals surface area contributed by atoms with Crippen molar-refractivity contribution in [2.45, 2.75) is 104 Å². The third-order valence-corrected chi connectivity index (χ3v) is 10.1. The lowest BCUT2D eigenvalue weighted by Gasteiger charge is -2.38. The van der Waals surface area contributed by atoms with Crippen LogP contribution in [0.15, 0.2) is 21.9 Å². The number of aromatic amines is 1. The quantitative estimate of drug-likeness (QED) is 0.175. The van der Waals surface area contributed by atoms with Crippen LogP contribution < -0.4 is 11.2 Å². The van der Waals surface area contributed by atoms with Gasteiger partial charge in [0.25, 0.3) is 14.1 Å². The van der Waals surface area contributed by atoms with Crippen LogP contribution in [-0.2, 0) is 27.6 Å². The third kappa shape index (κ3) is 10.2. The lowest BCUT2D eigenvalue weighted by molar-refractivity contribution is -0.0549. The average Bonchev–Trinajstić information content (AvgIpc) is 3.23. The number of nitrogens with one attached hydrogen (secondary N) is 1. The van der Waals surface area contributed by atoms with Gasteiger partial charge in [-0.15, -0.1) is 0 Å². The fraction of sp³-hybridized carbons (Fsp3) is 0.808. The lowest BCUT2D eigenvalue weighted by atomic mass is 10.1. The first kappa shape index (κ1) is 34.9. The predicted octanol–water partition coefficient (Wildman–Crippen LogP) is 4.67. The van der Waals surface area contributed by atoms with Crippen molar-refractivity contribution in [1.82, 2.24) is 14.2 Å². The van der Waals surface area contributed by atoms with E-state index in [1.165, 1.54) is 16.8 Å². The lowest BCUT2D eigenvalue weighted by Crippen LogP contribution is -2.41. The summed E-state index contributed by atoms with van der Waals surface area (Å²) in [4.78, 5) is 26.7. The van der Waals surface area contributed by atoms with Crippen LogP contribution in [0.1, 0.15) is 73.5 Å². The molecule has 0 saturated carbocycles. The summed E-state index contributed by atoms with van der Waals surface area (Å²) in [5, 5.41) is 9.08. The maximum Gasteiger partial charge on any atom is 0.330 e. The highest BCUT2D eigenvalue weighted by molar-refractivity contribution is 7.47. The molecule has 14 heteroatoms. The zero-order valence-electron chi connectivity index (χ0n) is 24.8. The summed E-state index contributed by atoms with van der Waals surface area (Å²) in [6.45, 7) is 13.6. The molecule has 1 fully saturated rings. The van der Waals surface area contributed by atoms with E-state index in [2.05, 4.69) is 43.4 Å². The Labute approximate surface area is 240 Å². The molecule has 5 atom stereocenters. The van der Waals surface area contributed by atoms with Gasteiger partial charge in [0.15, 0.2) is 14.6 Å². The molecule has 5 unspecified atom stereocenters. The van der Waals surface area contributed by atoms with Crippen molar-refractivity contribution in [3.63, 3.8) is 0 Å². The Hall–Kier alpha value is -1.25. The first-order valence-electron chi connectivity index (χ1n) is 14.0. The van der Waals surface area contributed by atoms with Gasteiger partial charge in [-0.2, -0.15) is 5.26 Å². The average molecular weight is 605 g/mol. The van der Waals surface area contributed by atoms with Crippen LogP contribution in [0.5, 0.6) is 0 Å². The molecule has 40 heavy (non-hydrogen) atoms. The number of hydrogen-bond acceptors (Lipinski definition) is 10. The van der Waals surface area contributed by atoms with Crippen molar-refractivity contribution >= 4 is 16.9 Å². The minimum absolute atomic E-state index is 0.115. The molecule has 0 bridgehead atoms. The Morgan fingerprint density at radius 3 is 2.33 bits per heavy atom. The minimum atomic E-state index is -1.58. The Kier molecular flexibility index (Phi) is 16.0. The summed E-state index contributed by atoms with van der Waals surface area (Å²) in [6, 6.07) is 3.63. The number of rotatable bonds is 19. The zero-order chi connectivity index (χ0) is 29.7. The first-order valence-corrected chi connectivity index (χ1v) is 16.5. The standard InChI is InChI=1S/C26H46N4O8P2/c1-8-34-39(35-9-2)18-11-10-13-21-23(38-40(36-17-12-15-27)30(19(3)4)20(5)6)24(33-7)25(37-21)29-16-14-22(31)28-26(29)32/h14,16,19-21,23-25H,8-13,17-18H2,1-7H3,(H,28,31,32). The topological polar surface area (TPSA) is 137 Å². The maximum atomic E-state index is 12.7. The normalized spacial score (nSPS) is 22.1. The number of ether oxygens (including phenoxy) is 2. The van der Waals surface area contributed by atoms with E-state index in [0.29, 0.717) is 19.6 Å². The van der Waals surface area contributed by atoms with E-state index in [-0.39, 0.29) is 25.1 Å². The van der Waals surface area contributed by atoms with E-state index in [9.17, 15) is 9.59 Å². The molecule has 12 nitrogen and oxygen atoms in total. The van der Waals surface area contributed by atoms with Crippen molar-refractivity contribution < 1.29 is 27.6 Å². The Balaban J connectivity index is 2.33. The van der Waals surface area contributed by atoms with E-state index >= 15 is 0 Å². The molecule has 2 heterocycles. The van der Waals surface area contributed by atoms with Gasteiger partial charge in [-0.25, -0.2) is 9.46 Å². The van der Waals surface area contributed by atoms with Crippen molar-refractivity contribution in [3.8, 4) is 6.07 Å². The van der Waals surface area contributed by atoms with Gasteiger partial charge < -0.3 is 27.6 Å². The summed E-state index contributed by atoms with van der Waals surface area (Å²) in [5.74, 6) is 0. The molecule has 1 aliphatic rings. The van der Waals surface area contributed by atoms with Gasteiger partial charge in [-0.05, 0) is 54.4 Å². The number of nitrogens with zero attached hydrogens (tertiary/aromatic N) is 3. The van der Waals surface area contributed by atoms with Crippen LogP contribution in [0.25, 0.3) is 0 Å². The SMILES string of the molecule is CCOP(CCCCC1OC(n2ccc(=O)[nH]c2=O)C(OC)C1OP(OCCC#N)N(C(C)C)C(C)C)OCC. The van der Waals surface area contributed by atoms with Crippen molar-refractivity contribution in [2.75, 3.05) is 33.1 Å². The summed E-state index contributed by atoms with van der Waals surface area (Å²) in [6.07, 6.45) is 2.36. The maximum absolute atomic E-state index is 12.7. The molecular formula is C26H46N4O8P2. The molecule has 2 rings (SSSR count). The fourth-order valence-corrected chi connectivity index (χ4v) is 7.77. The highest BCUT2D eigenvalue weighted by Crippen LogP contribution is 2.51. The molecule has 0 aromatic carbocycles. The summed E-state index contributed by atoms with van der Waals surface area (Å²) in [7, 11) is -0.965. The highest BCUT2D eigenvalue weighted by Gasteiger charge is 2.49. The number of aromatic nitrogens is 2. The number of H-pyrrole nitrogens is 1. The van der Waals surface area contributed by atoms with E-state index in [0.717, 1.165) is 19.0 Å². The Bertz CT molecular complexity index is 1000. The van der Waals surface area contributed by atoms with Gasteiger partial charge in [0.2, 0.25) is 0 Å². The molecule has 1 saturated heterocycles. The number of methoxy groups -OCH3 is 1. The Morgan fingerprint density at radius 1 is 1.10 bits per heavy atom. The van der Waals surface area contributed by atoms with E-state index in [1.54, 1.807) is 7.11 Å². The van der Waals surface area contributed by atoms with Crippen LogP contribution in [0, 0.1) is 11.3 Å². The summed E-state index contributed by atoms with van der Waals surface area (Å²) >= 11 is 0. The zero-order valence-corrected chi connectivity index (χ0v) is 26.6. The molecule has 0 aliphatic carbocycles. The van der Waals surface area contributed by atoms with Gasteiger partial charge in [-0.1, -0.05) is 6.42 Å². The van der Waals surface area contributed by atoms with Gasteiger partial charge >= 0.3 is 5.69 Å². The van der Waals surface area contributed by atoms with Crippen molar-refractivity contribution in [2.24, 2.45) is 0 Å². The van der Waals surface area contributed by atoms with Crippen LogP contribution in [0.3, 0.4) is 0 Å². The highest BCUT2D eigenvalue weighted by atomic mass is 31.2. The number of nitriles is 1. The van der Waals surface area contributed by atoms with Gasteiger partial charge in [-0.3, -0.25) is 14.3 Å². The molecular weight excluding hydrogens is 558 g/mol. The molecule has 0 amide bonds. The van der Waals surface area contributed by atoms with Crippen LogP contribution >= 0.6 is 16.9 Å². The first-order chi connectivity index (χ1) is 19.2. The second-order valence-electron chi connectivity index (χ2n) is 9.79. The Morgan fingerprint density at radius 2 is 1.77 bits per heavy atom. The van der Waals surface area contributed by atoms with Gasteiger partial charge in [0, 0.05) is 37.6 Å². The van der Waals surface area contributed by atoms with Crippen molar-refractivity contribution in [1.29, 1.82) is 5.26 Å². The largest absolute Gasteiger partial charge is 0.374 e. The molecule has 0 radical (unpaired) electrons. The smallest absolute Gasteiger partial charge is 0.330 e.